The molecule has 24 heavy (non-hydrogen) atoms. The highest BCUT2D eigenvalue weighted by molar-refractivity contribution is 6.42. The molecule has 0 bridgehead atoms. The van der Waals surface area contributed by atoms with Crippen molar-refractivity contribution in [3.05, 3.63) is 45.6 Å². The van der Waals surface area contributed by atoms with E-state index in [9.17, 15) is 0 Å². The predicted molar refractivity (Wildman–Crippen MR) is 96.9 cm³/mol. The Morgan fingerprint density at radius 2 is 2.00 bits per heavy atom. The van der Waals surface area contributed by atoms with E-state index >= 15 is 0 Å². The standard InChI is InChI=1S/C18H19Cl2N3O/c19-14-5-4-12(8-15(14)20)10-21-17-18(6-2-1-3-7-18)9-13-11-22-24-16(13)23-17/h4-5,8,11H,1-3,6-7,9-10H2,(H,21,23). The number of nitrogens with one attached hydrogen (secondary N) is 1. The summed E-state index contributed by atoms with van der Waals surface area (Å²) >= 11 is 12.1. The Morgan fingerprint density at radius 3 is 2.79 bits per heavy atom. The highest BCUT2D eigenvalue weighted by Crippen LogP contribution is 2.45. The number of hydrogen-bond acceptors (Lipinski definition) is 3. The largest absolute Gasteiger partial charge is 0.338 e. The molecule has 1 aromatic carbocycles. The van der Waals surface area contributed by atoms with Gasteiger partial charge in [0.25, 0.3) is 0 Å². The zero-order chi connectivity index (χ0) is 16.6. The van der Waals surface area contributed by atoms with Crippen molar-refractivity contribution in [3.8, 4) is 0 Å². The number of benzene rings is 1. The quantitative estimate of drug-likeness (QED) is 0.766. The lowest BCUT2D eigenvalue weighted by atomic mass is 9.68. The molecule has 2 aliphatic rings. The maximum Gasteiger partial charge on any atom is 0.233 e. The molecule has 1 aliphatic heterocycles. The van der Waals surface area contributed by atoms with E-state index in [4.69, 9.17) is 32.7 Å². The average Bonchev–Trinajstić information content (AvgIpc) is 3.03. The van der Waals surface area contributed by atoms with Crippen LogP contribution in [0.25, 0.3) is 0 Å². The molecule has 1 spiro atoms. The molecule has 0 saturated heterocycles. The van der Waals surface area contributed by atoms with Gasteiger partial charge in [0.05, 0.1) is 22.8 Å². The van der Waals surface area contributed by atoms with Gasteiger partial charge in [-0.1, -0.05) is 53.7 Å². The molecule has 0 unspecified atom stereocenters. The molecule has 1 N–H and O–H groups in total. The number of aromatic nitrogens is 1. The first kappa shape index (κ1) is 16.0. The summed E-state index contributed by atoms with van der Waals surface area (Å²) in [5, 5.41) is 8.46. The van der Waals surface area contributed by atoms with E-state index in [1.165, 1.54) is 19.3 Å². The van der Waals surface area contributed by atoms with E-state index in [1.807, 2.05) is 24.4 Å². The lowest BCUT2D eigenvalue weighted by Gasteiger charge is -2.40. The predicted octanol–water partition coefficient (Wildman–Crippen LogP) is 5.50. The number of nitrogens with zero attached hydrogens (tertiary/aromatic N) is 2. The summed E-state index contributed by atoms with van der Waals surface area (Å²) in [7, 11) is 0. The molecular weight excluding hydrogens is 345 g/mol. The van der Waals surface area contributed by atoms with Crippen LogP contribution in [0, 0.1) is 5.41 Å². The van der Waals surface area contributed by atoms with Gasteiger partial charge in [-0.05, 0) is 37.0 Å². The molecule has 126 valence electrons. The molecule has 6 heteroatoms. The number of rotatable bonds is 2. The molecule has 2 heterocycles. The fourth-order valence-corrected chi connectivity index (χ4v) is 4.16. The third kappa shape index (κ3) is 2.93. The monoisotopic (exact) mass is 363 g/mol. The van der Waals surface area contributed by atoms with Crippen LogP contribution in [0.1, 0.15) is 43.2 Å². The number of aliphatic imine (C=N–C) groups is 1. The van der Waals surface area contributed by atoms with Crippen molar-refractivity contribution in [1.29, 1.82) is 0 Å². The van der Waals surface area contributed by atoms with E-state index in [1.54, 1.807) is 0 Å². The van der Waals surface area contributed by atoms with Crippen LogP contribution in [0.15, 0.2) is 33.9 Å². The van der Waals surface area contributed by atoms with E-state index in [0.29, 0.717) is 16.6 Å². The molecule has 1 aromatic heterocycles. The first-order chi connectivity index (χ1) is 11.7. The topological polar surface area (TPSA) is 50.4 Å². The maximum atomic E-state index is 6.11. The molecule has 0 radical (unpaired) electrons. The number of fused-ring (bicyclic) bond motifs is 1. The van der Waals surface area contributed by atoms with Gasteiger partial charge in [-0.2, -0.15) is 0 Å². The number of anilines is 1. The van der Waals surface area contributed by atoms with Gasteiger partial charge in [-0.25, -0.2) is 0 Å². The van der Waals surface area contributed by atoms with Crippen molar-refractivity contribution >= 4 is 34.9 Å². The summed E-state index contributed by atoms with van der Waals surface area (Å²) in [4.78, 5) is 4.90. The molecule has 0 atom stereocenters. The second kappa shape index (κ2) is 6.41. The average molecular weight is 364 g/mol. The van der Waals surface area contributed by atoms with E-state index < -0.39 is 0 Å². The Labute approximate surface area is 151 Å². The minimum absolute atomic E-state index is 0.0903. The van der Waals surface area contributed by atoms with Crippen LogP contribution in [-0.2, 0) is 13.0 Å². The van der Waals surface area contributed by atoms with Crippen LogP contribution in [0.2, 0.25) is 10.0 Å². The zero-order valence-corrected chi connectivity index (χ0v) is 14.8. The number of amidine groups is 1. The third-order valence-corrected chi connectivity index (χ3v) is 5.86. The fourth-order valence-electron chi connectivity index (χ4n) is 3.84. The minimum Gasteiger partial charge on any atom is -0.338 e. The summed E-state index contributed by atoms with van der Waals surface area (Å²) in [6.07, 6.45) is 8.89. The van der Waals surface area contributed by atoms with Gasteiger partial charge in [-0.15, -0.1) is 0 Å². The zero-order valence-electron chi connectivity index (χ0n) is 13.3. The highest BCUT2D eigenvalue weighted by Gasteiger charge is 2.42. The Balaban J connectivity index is 1.64. The second-order valence-corrected chi connectivity index (χ2v) is 7.55. The molecule has 4 nitrogen and oxygen atoms in total. The van der Waals surface area contributed by atoms with Crippen molar-refractivity contribution in [2.75, 3.05) is 5.32 Å². The van der Waals surface area contributed by atoms with Crippen LogP contribution < -0.4 is 5.32 Å². The van der Waals surface area contributed by atoms with Gasteiger partial charge in [0.15, 0.2) is 0 Å². The van der Waals surface area contributed by atoms with Gasteiger partial charge in [0.2, 0.25) is 5.88 Å². The fraction of sp³-hybridized carbons (Fsp3) is 0.444. The first-order valence-corrected chi connectivity index (χ1v) is 9.11. The third-order valence-electron chi connectivity index (χ3n) is 5.12. The summed E-state index contributed by atoms with van der Waals surface area (Å²) in [6, 6.07) is 5.66. The summed E-state index contributed by atoms with van der Waals surface area (Å²) in [5.74, 6) is 1.76. The molecule has 2 aromatic rings. The highest BCUT2D eigenvalue weighted by atomic mass is 35.5. The molecule has 1 aliphatic carbocycles. The molecule has 1 saturated carbocycles. The van der Waals surface area contributed by atoms with Crippen LogP contribution in [0.3, 0.4) is 0 Å². The van der Waals surface area contributed by atoms with Crippen LogP contribution in [0.4, 0.5) is 5.88 Å². The number of halogens is 2. The lowest BCUT2D eigenvalue weighted by Crippen LogP contribution is -2.43. The van der Waals surface area contributed by atoms with Gasteiger partial charge < -0.3 is 9.84 Å². The minimum atomic E-state index is 0.0903. The molecule has 4 rings (SSSR count). The molecule has 0 amide bonds. The SMILES string of the molecule is Clc1ccc(CN=C2Nc3oncc3CC23CCCCC3)cc1Cl. The van der Waals surface area contributed by atoms with Gasteiger partial charge in [0.1, 0.15) is 5.84 Å². The van der Waals surface area contributed by atoms with E-state index in [0.717, 1.165) is 42.1 Å². The van der Waals surface area contributed by atoms with Crippen molar-refractivity contribution in [2.45, 2.75) is 45.1 Å². The summed E-state index contributed by atoms with van der Waals surface area (Å²) < 4.78 is 5.33. The van der Waals surface area contributed by atoms with Gasteiger partial charge in [-0.3, -0.25) is 4.99 Å². The van der Waals surface area contributed by atoms with Crippen LogP contribution in [0.5, 0.6) is 0 Å². The normalized spacial score (nSPS) is 20.8. The van der Waals surface area contributed by atoms with E-state index in [-0.39, 0.29) is 5.41 Å². The maximum absolute atomic E-state index is 6.11. The van der Waals surface area contributed by atoms with Crippen molar-refractivity contribution in [2.24, 2.45) is 10.4 Å². The van der Waals surface area contributed by atoms with Crippen LogP contribution >= 0.6 is 23.2 Å². The van der Waals surface area contributed by atoms with Crippen molar-refractivity contribution < 1.29 is 4.52 Å². The van der Waals surface area contributed by atoms with E-state index in [2.05, 4.69) is 10.5 Å². The Hall–Kier alpha value is -1.52. The van der Waals surface area contributed by atoms with Gasteiger partial charge >= 0.3 is 0 Å². The van der Waals surface area contributed by atoms with Crippen molar-refractivity contribution in [1.82, 2.24) is 5.16 Å². The number of hydrogen-bond donors (Lipinski definition) is 1. The Morgan fingerprint density at radius 1 is 1.17 bits per heavy atom. The smallest absolute Gasteiger partial charge is 0.233 e. The summed E-state index contributed by atoms with van der Waals surface area (Å²) in [6.45, 7) is 0.574. The lowest BCUT2D eigenvalue weighted by molar-refractivity contribution is 0.276. The Bertz CT molecular complexity index is 778. The second-order valence-electron chi connectivity index (χ2n) is 6.74. The van der Waals surface area contributed by atoms with Crippen LogP contribution in [-0.4, -0.2) is 11.0 Å². The molecular formula is C18H19Cl2N3O. The van der Waals surface area contributed by atoms with Gasteiger partial charge in [0, 0.05) is 11.0 Å². The first-order valence-electron chi connectivity index (χ1n) is 8.36. The molecule has 1 fully saturated rings. The summed E-state index contributed by atoms with van der Waals surface area (Å²) in [5.41, 5.74) is 2.30. The van der Waals surface area contributed by atoms with Crippen molar-refractivity contribution in [3.63, 3.8) is 0 Å². The Kier molecular flexibility index (Phi) is 4.27.